The average molecular weight is 240 g/mol. The van der Waals surface area contributed by atoms with E-state index < -0.39 is 0 Å². The van der Waals surface area contributed by atoms with Gasteiger partial charge in [0.15, 0.2) is 0 Å². The minimum Gasteiger partial charge on any atom is -0.377 e. The fourth-order valence-electron chi connectivity index (χ4n) is 3.15. The van der Waals surface area contributed by atoms with Gasteiger partial charge in [0.2, 0.25) is 0 Å². The maximum atomic E-state index is 5.76. The van der Waals surface area contributed by atoms with Gasteiger partial charge < -0.3 is 10.1 Å². The van der Waals surface area contributed by atoms with Gasteiger partial charge in [0, 0.05) is 19.2 Å². The molecule has 0 aromatic rings. The van der Waals surface area contributed by atoms with E-state index in [1.54, 1.807) is 0 Å². The van der Waals surface area contributed by atoms with Gasteiger partial charge in [-0.15, -0.1) is 0 Å². The van der Waals surface area contributed by atoms with Crippen molar-refractivity contribution in [2.75, 3.05) is 32.8 Å². The number of ether oxygens (including phenoxy) is 1. The summed E-state index contributed by atoms with van der Waals surface area (Å²) in [5, 5.41) is 3.49. The summed E-state index contributed by atoms with van der Waals surface area (Å²) >= 11 is 0. The van der Waals surface area contributed by atoms with Crippen LogP contribution in [0.4, 0.5) is 0 Å². The van der Waals surface area contributed by atoms with Crippen LogP contribution in [0.25, 0.3) is 0 Å². The van der Waals surface area contributed by atoms with Crippen molar-refractivity contribution in [1.29, 1.82) is 0 Å². The van der Waals surface area contributed by atoms with Crippen LogP contribution in [0.5, 0.6) is 0 Å². The van der Waals surface area contributed by atoms with Crippen LogP contribution < -0.4 is 5.32 Å². The molecular formula is C14H28N2O. The Bertz CT molecular complexity index is 216. The smallest absolute Gasteiger partial charge is 0.0702 e. The van der Waals surface area contributed by atoms with Crippen LogP contribution in [0.2, 0.25) is 0 Å². The Hall–Kier alpha value is -0.120. The highest BCUT2D eigenvalue weighted by Crippen LogP contribution is 2.32. The lowest BCUT2D eigenvalue weighted by Gasteiger charge is -2.45. The van der Waals surface area contributed by atoms with Crippen LogP contribution in [-0.2, 0) is 4.74 Å². The molecule has 1 N–H and O–H groups in total. The molecule has 0 amide bonds. The van der Waals surface area contributed by atoms with Crippen molar-refractivity contribution < 1.29 is 4.74 Å². The molecule has 2 aliphatic rings. The lowest BCUT2D eigenvalue weighted by Crippen LogP contribution is -2.52. The SMILES string of the molecule is CCNCC1CCC1N(CC)CC1CCCO1. The van der Waals surface area contributed by atoms with E-state index in [2.05, 4.69) is 24.1 Å². The molecule has 1 aliphatic heterocycles. The van der Waals surface area contributed by atoms with Crippen LogP contribution in [0, 0.1) is 5.92 Å². The Kier molecular flexibility index (Phi) is 5.26. The second-order valence-corrected chi connectivity index (χ2v) is 5.44. The highest BCUT2D eigenvalue weighted by atomic mass is 16.5. The second-order valence-electron chi connectivity index (χ2n) is 5.44. The predicted molar refractivity (Wildman–Crippen MR) is 71.3 cm³/mol. The first-order chi connectivity index (χ1) is 8.35. The zero-order chi connectivity index (χ0) is 12.1. The van der Waals surface area contributed by atoms with E-state index in [1.165, 1.54) is 38.8 Å². The third-order valence-electron chi connectivity index (χ3n) is 4.37. The first-order valence-corrected chi connectivity index (χ1v) is 7.41. The number of nitrogens with zero attached hydrogens (tertiary/aromatic N) is 1. The lowest BCUT2D eigenvalue weighted by atomic mass is 9.78. The molecule has 2 fully saturated rings. The van der Waals surface area contributed by atoms with Crippen molar-refractivity contribution >= 4 is 0 Å². The first kappa shape index (κ1) is 13.3. The number of nitrogens with one attached hydrogen (secondary N) is 1. The Labute approximate surface area is 106 Å². The molecule has 17 heavy (non-hydrogen) atoms. The molecule has 3 nitrogen and oxygen atoms in total. The molecule has 1 heterocycles. The molecule has 0 aromatic carbocycles. The molecule has 3 atom stereocenters. The quantitative estimate of drug-likeness (QED) is 0.735. The van der Waals surface area contributed by atoms with E-state index in [0.29, 0.717) is 6.10 Å². The highest BCUT2D eigenvalue weighted by Gasteiger charge is 2.35. The molecule has 1 aliphatic carbocycles. The average Bonchev–Trinajstić information content (AvgIpc) is 2.80. The van der Waals surface area contributed by atoms with Gasteiger partial charge in [0.25, 0.3) is 0 Å². The van der Waals surface area contributed by atoms with Gasteiger partial charge in [-0.1, -0.05) is 13.8 Å². The zero-order valence-electron chi connectivity index (χ0n) is 11.5. The Morgan fingerprint density at radius 3 is 2.65 bits per heavy atom. The monoisotopic (exact) mass is 240 g/mol. The molecule has 1 saturated carbocycles. The molecule has 0 radical (unpaired) electrons. The van der Waals surface area contributed by atoms with E-state index in [0.717, 1.165) is 31.7 Å². The maximum absolute atomic E-state index is 5.76. The van der Waals surface area contributed by atoms with E-state index in [-0.39, 0.29) is 0 Å². The van der Waals surface area contributed by atoms with Gasteiger partial charge in [-0.05, 0) is 51.2 Å². The largest absolute Gasteiger partial charge is 0.377 e. The van der Waals surface area contributed by atoms with E-state index >= 15 is 0 Å². The molecule has 3 heteroatoms. The summed E-state index contributed by atoms with van der Waals surface area (Å²) in [4.78, 5) is 2.65. The van der Waals surface area contributed by atoms with Gasteiger partial charge in [-0.2, -0.15) is 0 Å². The van der Waals surface area contributed by atoms with Gasteiger partial charge in [0.1, 0.15) is 0 Å². The summed E-state index contributed by atoms with van der Waals surface area (Å²) in [6.07, 6.45) is 5.82. The van der Waals surface area contributed by atoms with E-state index in [4.69, 9.17) is 4.74 Å². The van der Waals surface area contributed by atoms with Crippen LogP contribution in [0.3, 0.4) is 0 Å². The summed E-state index contributed by atoms with van der Waals surface area (Å²) in [6, 6.07) is 0.809. The molecule has 1 saturated heterocycles. The van der Waals surface area contributed by atoms with Gasteiger partial charge in [0.05, 0.1) is 6.10 Å². The molecule has 2 rings (SSSR count). The number of hydrogen-bond acceptors (Lipinski definition) is 3. The van der Waals surface area contributed by atoms with Crippen molar-refractivity contribution in [3.63, 3.8) is 0 Å². The fraction of sp³-hybridized carbons (Fsp3) is 1.00. The Balaban J connectivity index is 1.76. The highest BCUT2D eigenvalue weighted by molar-refractivity contribution is 4.90. The predicted octanol–water partition coefficient (Wildman–Crippen LogP) is 1.88. The van der Waals surface area contributed by atoms with Crippen molar-refractivity contribution in [1.82, 2.24) is 10.2 Å². The zero-order valence-corrected chi connectivity index (χ0v) is 11.5. The topological polar surface area (TPSA) is 24.5 Å². The van der Waals surface area contributed by atoms with Crippen molar-refractivity contribution in [2.24, 2.45) is 5.92 Å². The number of rotatable bonds is 7. The van der Waals surface area contributed by atoms with Crippen LogP contribution >= 0.6 is 0 Å². The van der Waals surface area contributed by atoms with Crippen molar-refractivity contribution in [3.05, 3.63) is 0 Å². The Morgan fingerprint density at radius 2 is 2.12 bits per heavy atom. The molecule has 0 spiro atoms. The first-order valence-electron chi connectivity index (χ1n) is 7.41. The standard InChI is InChI=1S/C14H28N2O/c1-3-15-10-12-7-8-14(12)16(4-2)11-13-6-5-9-17-13/h12-15H,3-11H2,1-2H3. The van der Waals surface area contributed by atoms with Crippen molar-refractivity contribution in [3.8, 4) is 0 Å². The summed E-state index contributed by atoms with van der Waals surface area (Å²) < 4.78 is 5.76. The third-order valence-corrected chi connectivity index (χ3v) is 4.37. The molecular weight excluding hydrogens is 212 g/mol. The number of hydrogen-bond donors (Lipinski definition) is 1. The molecule has 100 valence electrons. The van der Waals surface area contributed by atoms with Gasteiger partial charge >= 0.3 is 0 Å². The summed E-state index contributed by atoms with van der Waals surface area (Å²) in [5.74, 6) is 0.872. The molecule has 0 aromatic heterocycles. The molecule has 0 bridgehead atoms. The Morgan fingerprint density at radius 1 is 1.24 bits per heavy atom. The second kappa shape index (κ2) is 6.72. The normalized spacial score (nSPS) is 33.0. The van der Waals surface area contributed by atoms with Crippen LogP contribution in [0.1, 0.15) is 39.5 Å². The van der Waals surface area contributed by atoms with Crippen LogP contribution in [-0.4, -0.2) is 49.8 Å². The van der Waals surface area contributed by atoms with Gasteiger partial charge in [-0.3, -0.25) is 4.90 Å². The summed E-state index contributed by atoms with van der Waals surface area (Å²) in [7, 11) is 0. The van der Waals surface area contributed by atoms with Crippen LogP contribution in [0.15, 0.2) is 0 Å². The van der Waals surface area contributed by atoms with Gasteiger partial charge in [-0.25, -0.2) is 0 Å². The number of likely N-dealkylation sites (N-methyl/N-ethyl adjacent to an activating group) is 1. The van der Waals surface area contributed by atoms with Crippen molar-refractivity contribution in [2.45, 2.75) is 51.7 Å². The summed E-state index contributed by atoms with van der Waals surface area (Å²) in [5.41, 5.74) is 0. The fourth-order valence-corrected chi connectivity index (χ4v) is 3.15. The lowest BCUT2D eigenvalue weighted by molar-refractivity contribution is 0.0139. The molecule has 3 unspecified atom stereocenters. The maximum Gasteiger partial charge on any atom is 0.0702 e. The van der Waals surface area contributed by atoms with E-state index in [9.17, 15) is 0 Å². The summed E-state index contributed by atoms with van der Waals surface area (Å²) in [6.45, 7) is 10.1. The minimum atomic E-state index is 0.510. The minimum absolute atomic E-state index is 0.510. The van der Waals surface area contributed by atoms with E-state index in [1.807, 2.05) is 0 Å². The third kappa shape index (κ3) is 3.43.